The highest BCUT2D eigenvalue weighted by Crippen LogP contribution is 2.35. The van der Waals surface area contributed by atoms with Crippen LogP contribution in [0.4, 0.5) is 17.6 Å². The van der Waals surface area contributed by atoms with Crippen LogP contribution in [0.25, 0.3) is 0 Å². The van der Waals surface area contributed by atoms with E-state index in [9.17, 15) is 30.8 Å². The molecule has 0 aliphatic carbocycles. The Kier molecular flexibility index (Phi) is 6.92. The van der Waals surface area contributed by atoms with Gasteiger partial charge in [-0.2, -0.15) is 17.5 Å². The van der Waals surface area contributed by atoms with E-state index in [0.29, 0.717) is 17.7 Å². The number of benzene rings is 2. The van der Waals surface area contributed by atoms with E-state index in [1.807, 2.05) is 0 Å². The maximum atomic E-state index is 13.0. The third kappa shape index (κ3) is 5.55. The molecule has 168 valence electrons. The molecule has 0 bridgehead atoms. The summed E-state index contributed by atoms with van der Waals surface area (Å²) < 4.78 is 83.7. The minimum atomic E-state index is -4.71. The van der Waals surface area contributed by atoms with Crippen molar-refractivity contribution in [3.05, 3.63) is 64.4 Å². The molecule has 2 aromatic rings. The number of hydrogen-bond donors (Lipinski definition) is 0. The van der Waals surface area contributed by atoms with Crippen LogP contribution in [0, 0.1) is 11.7 Å². The Morgan fingerprint density at radius 1 is 1.10 bits per heavy atom. The third-order valence-corrected chi connectivity index (χ3v) is 7.34. The second-order valence-electron chi connectivity index (χ2n) is 7.06. The van der Waals surface area contributed by atoms with Gasteiger partial charge in [-0.05, 0) is 48.7 Å². The van der Waals surface area contributed by atoms with Gasteiger partial charge in [0.25, 0.3) is 0 Å². The summed E-state index contributed by atoms with van der Waals surface area (Å²) in [6, 6.07) is 7.58. The fourth-order valence-corrected chi connectivity index (χ4v) is 5.17. The van der Waals surface area contributed by atoms with Gasteiger partial charge in [-0.25, -0.2) is 12.8 Å². The average molecular weight is 480 g/mol. The van der Waals surface area contributed by atoms with Crippen LogP contribution in [0.1, 0.15) is 24.0 Å². The van der Waals surface area contributed by atoms with Crippen molar-refractivity contribution >= 4 is 27.6 Å². The maximum absolute atomic E-state index is 13.0. The molecule has 2 aromatic carbocycles. The predicted octanol–water partition coefficient (Wildman–Crippen LogP) is 4.64. The smallest absolute Gasteiger partial charge is 0.416 e. The molecule has 1 fully saturated rings. The topological polar surface area (TPSA) is 63.7 Å². The largest absolute Gasteiger partial charge is 0.461 e. The molecule has 0 aromatic heterocycles. The lowest BCUT2D eigenvalue weighted by Gasteiger charge is -2.30. The van der Waals surface area contributed by atoms with Gasteiger partial charge in [-0.3, -0.25) is 4.79 Å². The Labute approximate surface area is 181 Å². The van der Waals surface area contributed by atoms with Crippen molar-refractivity contribution in [3.8, 4) is 0 Å². The summed E-state index contributed by atoms with van der Waals surface area (Å²) in [4.78, 5) is 11.6. The summed E-state index contributed by atoms with van der Waals surface area (Å²) in [6.45, 7) is -0.173. The van der Waals surface area contributed by atoms with Crippen molar-refractivity contribution < 1.29 is 35.5 Å². The van der Waals surface area contributed by atoms with Crippen molar-refractivity contribution in [1.29, 1.82) is 0 Å². The van der Waals surface area contributed by atoms with Crippen LogP contribution in [0.3, 0.4) is 0 Å². The summed E-state index contributed by atoms with van der Waals surface area (Å²) in [5.74, 6) is -1.48. The summed E-state index contributed by atoms with van der Waals surface area (Å²) >= 11 is 5.87. The van der Waals surface area contributed by atoms with Crippen LogP contribution < -0.4 is 0 Å². The van der Waals surface area contributed by atoms with Crippen molar-refractivity contribution in [2.75, 3.05) is 13.1 Å². The number of ether oxygens (including phenoxy) is 1. The van der Waals surface area contributed by atoms with E-state index in [-0.39, 0.29) is 37.6 Å². The molecular weight excluding hydrogens is 462 g/mol. The highest BCUT2D eigenvalue weighted by atomic mass is 35.5. The van der Waals surface area contributed by atoms with Crippen LogP contribution >= 0.6 is 11.6 Å². The SMILES string of the molecule is O=C(OCc1ccc(F)cc1)C1CCN(S(=O)(=O)c2cc(C(F)(F)F)ccc2Cl)CC1. The Bertz CT molecular complexity index is 1050. The number of esters is 1. The van der Waals surface area contributed by atoms with Gasteiger partial charge in [0, 0.05) is 13.1 Å². The Morgan fingerprint density at radius 3 is 2.29 bits per heavy atom. The fraction of sp³-hybridized carbons (Fsp3) is 0.350. The minimum Gasteiger partial charge on any atom is -0.461 e. The highest BCUT2D eigenvalue weighted by Gasteiger charge is 2.36. The number of piperidine rings is 1. The lowest BCUT2D eigenvalue weighted by molar-refractivity contribution is -0.151. The first kappa shape index (κ1) is 23.5. The van der Waals surface area contributed by atoms with Crippen LogP contribution in [0.15, 0.2) is 47.4 Å². The number of alkyl halides is 3. The molecule has 1 saturated heterocycles. The molecule has 0 N–H and O–H groups in total. The van der Waals surface area contributed by atoms with Gasteiger partial charge in [0.2, 0.25) is 10.0 Å². The van der Waals surface area contributed by atoms with E-state index in [1.54, 1.807) is 0 Å². The minimum absolute atomic E-state index is 0.0442. The highest BCUT2D eigenvalue weighted by molar-refractivity contribution is 7.89. The molecule has 1 aliphatic heterocycles. The Hall–Kier alpha value is -2.17. The summed E-state index contributed by atoms with van der Waals surface area (Å²) in [6.07, 6.45) is -4.41. The molecule has 11 heteroatoms. The second-order valence-corrected chi connectivity index (χ2v) is 9.37. The third-order valence-electron chi connectivity index (χ3n) is 4.96. The summed E-state index contributed by atoms with van der Waals surface area (Å²) in [7, 11) is -4.27. The molecule has 5 nitrogen and oxygen atoms in total. The lowest BCUT2D eigenvalue weighted by Crippen LogP contribution is -2.40. The quantitative estimate of drug-likeness (QED) is 0.463. The number of hydrogen-bond acceptors (Lipinski definition) is 4. The number of rotatable bonds is 5. The molecule has 0 atom stereocenters. The standard InChI is InChI=1S/C20H18ClF4NO4S/c21-17-6-3-15(20(23,24)25)11-18(17)31(28,29)26-9-7-14(8-10-26)19(27)30-12-13-1-4-16(22)5-2-13/h1-6,11,14H,7-10,12H2. The van der Waals surface area contributed by atoms with Crippen LogP contribution in [-0.4, -0.2) is 31.8 Å². The molecule has 1 aliphatic rings. The average Bonchev–Trinajstić information content (AvgIpc) is 2.72. The molecule has 0 spiro atoms. The molecule has 0 unspecified atom stereocenters. The first-order valence-corrected chi connectivity index (χ1v) is 11.1. The first-order chi connectivity index (χ1) is 14.5. The fourth-order valence-electron chi connectivity index (χ4n) is 3.20. The zero-order chi connectivity index (χ0) is 22.8. The summed E-state index contributed by atoms with van der Waals surface area (Å²) in [5.41, 5.74) is -0.510. The monoisotopic (exact) mass is 479 g/mol. The zero-order valence-corrected chi connectivity index (χ0v) is 17.6. The number of carbonyl (C=O) groups excluding carboxylic acids is 1. The Balaban J connectivity index is 1.63. The summed E-state index contributed by atoms with van der Waals surface area (Å²) in [5, 5.41) is -0.311. The molecule has 1 heterocycles. The van der Waals surface area contributed by atoms with Crippen molar-refractivity contribution in [1.82, 2.24) is 4.31 Å². The lowest BCUT2D eigenvalue weighted by atomic mass is 9.98. The van der Waals surface area contributed by atoms with Gasteiger partial charge in [-0.1, -0.05) is 23.7 Å². The predicted molar refractivity (Wildman–Crippen MR) is 104 cm³/mol. The van der Waals surface area contributed by atoms with Gasteiger partial charge in [0.1, 0.15) is 17.3 Å². The first-order valence-electron chi connectivity index (χ1n) is 9.26. The molecule has 0 saturated carbocycles. The number of halogens is 5. The van der Waals surface area contributed by atoms with E-state index in [0.717, 1.165) is 10.4 Å². The Morgan fingerprint density at radius 2 is 1.71 bits per heavy atom. The molecular formula is C20H18ClF4NO4S. The number of nitrogens with zero attached hydrogens (tertiary/aromatic N) is 1. The van der Waals surface area contributed by atoms with Crippen LogP contribution in [0.5, 0.6) is 0 Å². The van der Waals surface area contributed by atoms with E-state index >= 15 is 0 Å². The van der Waals surface area contributed by atoms with Gasteiger partial charge >= 0.3 is 12.1 Å². The normalized spacial score (nSPS) is 16.3. The molecule has 0 amide bonds. The van der Waals surface area contributed by atoms with Crippen LogP contribution in [0.2, 0.25) is 5.02 Å². The molecule has 0 radical (unpaired) electrons. The van der Waals surface area contributed by atoms with E-state index < -0.39 is 44.4 Å². The van der Waals surface area contributed by atoms with Gasteiger partial charge in [0.05, 0.1) is 16.5 Å². The van der Waals surface area contributed by atoms with E-state index in [4.69, 9.17) is 16.3 Å². The van der Waals surface area contributed by atoms with Crippen molar-refractivity contribution in [2.24, 2.45) is 5.92 Å². The zero-order valence-electron chi connectivity index (χ0n) is 16.0. The van der Waals surface area contributed by atoms with Crippen molar-refractivity contribution in [2.45, 2.75) is 30.5 Å². The van der Waals surface area contributed by atoms with Gasteiger partial charge in [-0.15, -0.1) is 0 Å². The molecule has 31 heavy (non-hydrogen) atoms. The maximum Gasteiger partial charge on any atom is 0.416 e. The van der Waals surface area contributed by atoms with Gasteiger partial charge < -0.3 is 4.74 Å². The van der Waals surface area contributed by atoms with E-state index in [1.165, 1.54) is 24.3 Å². The number of sulfonamides is 1. The molecule has 3 rings (SSSR count). The second kappa shape index (κ2) is 9.13. The van der Waals surface area contributed by atoms with Crippen LogP contribution in [-0.2, 0) is 32.3 Å². The number of carbonyl (C=O) groups is 1. The van der Waals surface area contributed by atoms with Crippen molar-refractivity contribution in [3.63, 3.8) is 0 Å². The van der Waals surface area contributed by atoms with Gasteiger partial charge in [0.15, 0.2) is 0 Å². The van der Waals surface area contributed by atoms with E-state index in [2.05, 4.69) is 0 Å².